The van der Waals surface area contributed by atoms with Crippen LogP contribution in [-0.2, 0) is 14.8 Å². The van der Waals surface area contributed by atoms with Crippen molar-refractivity contribution in [1.82, 2.24) is 4.90 Å². The molecule has 0 fully saturated rings. The van der Waals surface area contributed by atoms with E-state index in [1.165, 1.54) is 42.2 Å². The first-order chi connectivity index (χ1) is 12.8. The minimum atomic E-state index is -3.85. The van der Waals surface area contributed by atoms with Crippen molar-refractivity contribution in [2.24, 2.45) is 0 Å². The molecule has 1 heterocycles. The number of fused-ring (bicyclic) bond motifs is 1. The molecule has 1 aliphatic heterocycles. The molecule has 0 aromatic heterocycles. The SMILES string of the molecule is CC(=O)Nc1ccc(S(=O)(=O)Nc2ccc3c(c2)C(=O)N(C)CCO3)cc1. The molecule has 0 saturated carbocycles. The molecule has 8 nitrogen and oxygen atoms in total. The second kappa shape index (κ2) is 7.28. The Morgan fingerprint density at radius 3 is 2.44 bits per heavy atom. The fourth-order valence-corrected chi connectivity index (χ4v) is 3.67. The summed E-state index contributed by atoms with van der Waals surface area (Å²) in [5, 5.41) is 2.57. The molecule has 2 aromatic carbocycles. The number of hydrogen-bond acceptors (Lipinski definition) is 5. The van der Waals surface area contributed by atoms with Gasteiger partial charge >= 0.3 is 0 Å². The Morgan fingerprint density at radius 2 is 1.78 bits per heavy atom. The fourth-order valence-electron chi connectivity index (χ4n) is 2.62. The number of hydrogen-bond donors (Lipinski definition) is 2. The largest absolute Gasteiger partial charge is 0.491 e. The fraction of sp³-hybridized carbons (Fsp3) is 0.222. The van der Waals surface area contributed by atoms with Gasteiger partial charge in [-0.15, -0.1) is 0 Å². The number of nitrogens with zero attached hydrogens (tertiary/aromatic N) is 1. The number of sulfonamides is 1. The van der Waals surface area contributed by atoms with Gasteiger partial charge < -0.3 is 15.0 Å². The number of anilines is 2. The maximum Gasteiger partial charge on any atom is 0.261 e. The van der Waals surface area contributed by atoms with Gasteiger partial charge in [0, 0.05) is 25.3 Å². The Hall–Kier alpha value is -3.07. The van der Waals surface area contributed by atoms with Crippen LogP contribution < -0.4 is 14.8 Å². The molecule has 0 atom stereocenters. The standard InChI is InChI=1S/C18H19N3O5S/c1-12(22)19-13-3-6-15(7-4-13)27(24,25)20-14-5-8-17-16(11-14)18(23)21(2)9-10-26-17/h3-8,11,20H,9-10H2,1-2H3,(H,19,22). The highest BCUT2D eigenvalue weighted by Crippen LogP contribution is 2.27. The maximum absolute atomic E-state index is 12.6. The third-order valence-corrected chi connectivity index (χ3v) is 5.38. The first kappa shape index (κ1) is 18.7. The van der Waals surface area contributed by atoms with Gasteiger partial charge in [-0.2, -0.15) is 0 Å². The normalized spacial score (nSPS) is 14.0. The predicted octanol–water partition coefficient (Wildman–Crippen LogP) is 1.91. The average molecular weight is 389 g/mol. The molecule has 0 aliphatic carbocycles. The van der Waals surface area contributed by atoms with Crippen molar-refractivity contribution in [3.8, 4) is 5.75 Å². The van der Waals surface area contributed by atoms with E-state index in [1.54, 1.807) is 19.2 Å². The highest BCUT2D eigenvalue weighted by molar-refractivity contribution is 7.92. The molecule has 3 rings (SSSR count). The van der Waals surface area contributed by atoms with Crippen molar-refractivity contribution >= 4 is 33.2 Å². The summed E-state index contributed by atoms with van der Waals surface area (Å²) in [6.45, 7) is 2.20. The smallest absolute Gasteiger partial charge is 0.261 e. The van der Waals surface area contributed by atoms with Crippen LogP contribution in [0.2, 0.25) is 0 Å². The number of likely N-dealkylation sites (N-methyl/N-ethyl adjacent to an activating group) is 1. The van der Waals surface area contributed by atoms with Crippen LogP contribution >= 0.6 is 0 Å². The molecule has 0 spiro atoms. The lowest BCUT2D eigenvalue weighted by atomic mass is 10.1. The van der Waals surface area contributed by atoms with Crippen molar-refractivity contribution < 1.29 is 22.7 Å². The van der Waals surface area contributed by atoms with Crippen LogP contribution in [0.1, 0.15) is 17.3 Å². The number of carbonyl (C=O) groups excluding carboxylic acids is 2. The van der Waals surface area contributed by atoms with Crippen LogP contribution in [0, 0.1) is 0 Å². The van der Waals surface area contributed by atoms with Gasteiger partial charge in [0.05, 0.1) is 17.0 Å². The number of carbonyl (C=O) groups is 2. The van der Waals surface area contributed by atoms with Gasteiger partial charge in [-0.05, 0) is 42.5 Å². The van der Waals surface area contributed by atoms with Gasteiger partial charge in [0.15, 0.2) is 0 Å². The second-order valence-corrected chi connectivity index (χ2v) is 7.78. The van der Waals surface area contributed by atoms with E-state index < -0.39 is 10.0 Å². The van der Waals surface area contributed by atoms with Crippen molar-refractivity contribution in [3.05, 3.63) is 48.0 Å². The summed E-state index contributed by atoms with van der Waals surface area (Å²) in [5.41, 5.74) is 1.06. The molecule has 0 unspecified atom stereocenters. The first-order valence-corrected chi connectivity index (χ1v) is 9.67. The van der Waals surface area contributed by atoms with Gasteiger partial charge in [0.2, 0.25) is 5.91 Å². The van der Waals surface area contributed by atoms with Crippen molar-refractivity contribution in [2.75, 3.05) is 30.2 Å². The number of amides is 2. The summed E-state index contributed by atoms with van der Waals surface area (Å²) < 4.78 is 33.2. The Kier molecular flexibility index (Phi) is 5.04. The van der Waals surface area contributed by atoms with E-state index in [4.69, 9.17) is 4.74 Å². The van der Waals surface area contributed by atoms with Gasteiger partial charge in [-0.25, -0.2) is 8.42 Å². The molecule has 142 valence electrons. The minimum Gasteiger partial charge on any atom is -0.491 e. The zero-order valence-electron chi connectivity index (χ0n) is 14.9. The Bertz CT molecular complexity index is 987. The van der Waals surface area contributed by atoms with Crippen LogP contribution in [0.15, 0.2) is 47.4 Å². The lowest BCUT2D eigenvalue weighted by Crippen LogP contribution is -2.27. The molecule has 0 radical (unpaired) electrons. The van der Waals surface area contributed by atoms with Crippen molar-refractivity contribution in [1.29, 1.82) is 0 Å². The molecule has 1 aliphatic rings. The van der Waals surface area contributed by atoms with Crippen molar-refractivity contribution in [2.45, 2.75) is 11.8 Å². The monoisotopic (exact) mass is 389 g/mol. The average Bonchev–Trinajstić information content (AvgIpc) is 2.74. The summed E-state index contributed by atoms with van der Waals surface area (Å²) in [5.74, 6) is -0.0549. The molecule has 2 aromatic rings. The topological polar surface area (TPSA) is 105 Å². The number of rotatable bonds is 4. The summed E-state index contributed by atoms with van der Waals surface area (Å²) in [7, 11) is -2.19. The minimum absolute atomic E-state index is 0.0336. The molecular formula is C18H19N3O5S. The lowest BCUT2D eigenvalue weighted by molar-refractivity contribution is -0.114. The van der Waals surface area contributed by atoms with E-state index in [1.807, 2.05) is 0 Å². The Morgan fingerprint density at radius 1 is 1.11 bits per heavy atom. The van der Waals surface area contributed by atoms with Gasteiger partial charge in [0.1, 0.15) is 12.4 Å². The molecule has 27 heavy (non-hydrogen) atoms. The number of benzene rings is 2. The van der Waals surface area contributed by atoms with E-state index in [-0.39, 0.29) is 22.4 Å². The van der Waals surface area contributed by atoms with E-state index in [2.05, 4.69) is 10.0 Å². The molecular weight excluding hydrogens is 370 g/mol. The summed E-state index contributed by atoms with van der Waals surface area (Å²) in [4.78, 5) is 25.0. The van der Waals surface area contributed by atoms with Crippen LogP contribution in [0.3, 0.4) is 0 Å². The highest BCUT2D eigenvalue weighted by Gasteiger charge is 2.22. The summed E-state index contributed by atoms with van der Waals surface area (Å²) >= 11 is 0. The van der Waals surface area contributed by atoms with Gasteiger partial charge in [0.25, 0.3) is 15.9 Å². The lowest BCUT2D eigenvalue weighted by Gasteiger charge is -2.14. The number of ether oxygens (including phenoxy) is 1. The highest BCUT2D eigenvalue weighted by atomic mass is 32.2. The third kappa shape index (κ3) is 4.20. The molecule has 0 bridgehead atoms. The van der Waals surface area contributed by atoms with E-state index in [0.717, 1.165) is 0 Å². The predicted molar refractivity (Wildman–Crippen MR) is 100 cm³/mol. The van der Waals surface area contributed by atoms with E-state index in [0.29, 0.717) is 30.2 Å². The second-order valence-electron chi connectivity index (χ2n) is 6.10. The van der Waals surface area contributed by atoms with Gasteiger partial charge in [-0.1, -0.05) is 0 Å². The van der Waals surface area contributed by atoms with Crippen LogP contribution in [-0.4, -0.2) is 45.3 Å². The molecule has 2 amide bonds. The Labute approximate surface area is 157 Å². The van der Waals surface area contributed by atoms with Crippen LogP contribution in [0.25, 0.3) is 0 Å². The Balaban J connectivity index is 1.85. The number of nitrogens with one attached hydrogen (secondary N) is 2. The molecule has 9 heteroatoms. The van der Waals surface area contributed by atoms with Gasteiger partial charge in [-0.3, -0.25) is 14.3 Å². The first-order valence-electron chi connectivity index (χ1n) is 8.19. The van der Waals surface area contributed by atoms with E-state index in [9.17, 15) is 18.0 Å². The summed E-state index contributed by atoms with van der Waals surface area (Å²) in [6, 6.07) is 10.4. The zero-order valence-corrected chi connectivity index (χ0v) is 15.7. The zero-order chi connectivity index (χ0) is 19.6. The van der Waals surface area contributed by atoms with E-state index >= 15 is 0 Å². The van der Waals surface area contributed by atoms with Crippen molar-refractivity contribution in [3.63, 3.8) is 0 Å². The maximum atomic E-state index is 12.6. The third-order valence-electron chi connectivity index (χ3n) is 3.98. The van der Waals surface area contributed by atoms with Crippen LogP contribution in [0.4, 0.5) is 11.4 Å². The molecule has 0 saturated heterocycles. The van der Waals surface area contributed by atoms with Crippen LogP contribution in [0.5, 0.6) is 5.75 Å². The quantitative estimate of drug-likeness (QED) is 0.831. The molecule has 2 N–H and O–H groups in total. The summed E-state index contributed by atoms with van der Waals surface area (Å²) in [6.07, 6.45) is 0.